The first kappa shape index (κ1) is 17.5. The molecule has 3 aromatic rings. The third kappa shape index (κ3) is 3.86. The van der Waals surface area contributed by atoms with Gasteiger partial charge in [-0.25, -0.2) is 0 Å². The highest BCUT2D eigenvalue weighted by molar-refractivity contribution is 6.34. The zero-order valence-electron chi connectivity index (χ0n) is 13.9. The normalized spacial score (nSPS) is 10.7. The second kappa shape index (κ2) is 7.30. The molecule has 25 heavy (non-hydrogen) atoms. The summed E-state index contributed by atoms with van der Waals surface area (Å²) in [7, 11) is 0. The third-order valence-corrected chi connectivity index (χ3v) is 4.52. The van der Waals surface area contributed by atoms with E-state index in [4.69, 9.17) is 23.2 Å². The van der Waals surface area contributed by atoms with Crippen LogP contribution in [0.5, 0.6) is 0 Å². The number of carbonyl (C=O) groups excluding carboxylic acids is 1. The number of carbonyl (C=O) groups is 1. The summed E-state index contributed by atoms with van der Waals surface area (Å²) in [5.74, 6) is -0.251. The van der Waals surface area contributed by atoms with E-state index >= 15 is 0 Å². The van der Waals surface area contributed by atoms with Gasteiger partial charge in [-0.2, -0.15) is 5.10 Å². The standard InChI is InChI=1S/C19H17Cl2N3O/c1-12-18(22-19(25)16-8-3-4-9-17(16)21)13(2)24(23-12)11-14-6-5-7-15(20)10-14/h3-10H,11H2,1-2H3,(H,22,25). The molecule has 0 saturated heterocycles. The second-order valence-electron chi connectivity index (χ2n) is 5.77. The molecule has 0 atom stereocenters. The zero-order chi connectivity index (χ0) is 18.0. The Labute approximate surface area is 156 Å². The van der Waals surface area contributed by atoms with Gasteiger partial charge in [0.05, 0.1) is 34.2 Å². The lowest BCUT2D eigenvalue weighted by atomic mass is 10.2. The highest BCUT2D eigenvalue weighted by Gasteiger charge is 2.17. The lowest BCUT2D eigenvalue weighted by Crippen LogP contribution is -2.14. The Bertz CT molecular complexity index is 934. The van der Waals surface area contributed by atoms with E-state index in [2.05, 4.69) is 10.4 Å². The molecule has 0 aliphatic heterocycles. The van der Waals surface area contributed by atoms with Crippen molar-refractivity contribution in [3.8, 4) is 0 Å². The van der Waals surface area contributed by atoms with Crippen LogP contribution in [-0.2, 0) is 6.54 Å². The van der Waals surface area contributed by atoms with Gasteiger partial charge in [0.15, 0.2) is 0 Å². The van der Waals surface area contributed by atoms with Crippen molar-refractivity contribution in [2.75, 3.05) is 5.32 Å². The van der Waals surface area contributed by atoms with E-state index in [0.717, 1.165) is 17.0 Å². The van der Waals surface area contributed by atoms with Gasteiger partial charge < -0.3 is 5.32 Å². The Kier molecular flexibility index (Phi) is 5.11. The topological polar surface area (TPSA) is 46.9 Å². The number of hydrogen-bond donors (Lipinski definition) is 1. The summed E-state index contributed by atoms with van der Waals surface area (Å²) in [6.07, 6.45) is 0. The minimum atomic E-state index is -0.251. The van der Waals surface area contributed by atoms with E-state index in [0.29, 0.717) is 27.8 Å². The Morgan fingerprint density at radius 2 is 1.88 bits per heavy atom. The molecule has 6 heteroatoms. The molecule has 0 aliphatic rings. The molecule has 1 amide bonds. The molecule has 3 rings (SSSR count). The zero-order valence-corrected chi connectivity index (χ0v) is 15.4. The number of anilines is 1. The average Bonchev–Trinajstić information content (AvgIpc) is 2.83. The fourth-order valence-corrected chi connectivity index (χ4v) is 3.10. The number of halogens is 2. The van der Waals surface area contributed by atoms with Crippen molar-refractivity contribution in [3.63, 3.8) is 0 Å². The number of aryl methyl sites for hydroxylation is 1. The van der Waals surface area contributed by atoms with E-state index in [1.54, 1.807) is 24.3 Å². The summed E-state index contributed by atoms with van der Waals surface area (Å²) in [5, 5.41) is 8.56. The molecule has 2 aromatic carbocycles. The van der Waals surface area contributed by atoms with E-state index in [1.165, 1.54) is 0 Å². The average molecular weight is 374 g/mol. The maximum Gasteiger partial charge on any atom is 0.257 e. The number of amides is 1. The van der Waals surface area contributed by atoms with Crippen molar-refractivity contribution in [2.45, 2.75) is 20.4 Å². The molecule has 0 fully saturated rings. The molecule has 1 heterocycles. The van der Waals surface area contributed by atoms with Crippen LogP contribution < -0.4 is 5.32 Å². The smallest absolute Gasteiger partial charge is 0.257 e. The number of nitrogens with one attached hydrogen (secondary N) is 1. The van der Waals surface area contributed by atoms with Gasteiger partial charge >= 0.3 is 0 Å². The van der Waals surface area contributed by atoms with Gasteiger partial charge in [-0.15, -0.1) is 0 Å². The molecule has 128 valence electrons. The lowest BCUT2D eigenvalue weighted by molar-refractivity contribution is 0.102. The highest BCUT2D eigenvalue weighted by Crippen LogP contribution is 2.23. The Balaban J connectivity index is 1.85. The van der Waals surface area contributed by atoms with E-state index in [-0.39, 0.29) is 5.91 Å². The SMILES string of the molecule is Cc1nn(Cc2cccc(Cl)c2)c(C)c1NC(=O)c1ccccc1Cl. The molecule has 0 aliphatic carbocycles. The molecule has 1 N–H and O–H groups in total. The van der Waals surface area contributed by atoms with Crippen LogP contribution in [0, 0.1) is 13.8 Å². The molecule has 0 saturated carbocycles. The van der Waals surface area contributed by atoms with Crippen LogP contribution >= 0.6 is 23.2 Å². The van der Waals surface area contributed by atoms with Crippen molar-refractivity contribution in [1.29, 1.82) is 0 Å². The fourth-order valence-electron chi connectivity index (χ4n) is 2.67. The number of hydrogen-bond acceptors (Lipinski definition) is 2. The molecule has 4 nitrogen and oxygen atoms in total. The van der Waals surface area contributed by atoms with Crippen molar-refractivity contribution >= 4 is 34.8 Å². The fraction of sp³-hybridized carbons (Fsp3) is 0.158. The first-order valence-electron chi connectivity index (χ1n) is 7.80. The van der Waals surface area contributed by atoms with Crippen molar-refractivity contribution < 1.29 is 4.79 Å². The van der Waals surface area contributed by atoms with Gasteiger partial charge in [0, 0.05) is 5.02 Å². The van der Waals surface area contributed by atoms with Crippen LogP contribution in [0.4, 0.5) is 5.69 Å². The Morgan fingerprint density at radius 3 is 2.60 bits per heavy atom. The maximum absolute atomic E-state index is 12.5. The Hall–Kier alpha value is -2.30. The summed E-state index contributed by atoms with van der Waals surface area (Å²) in [6.45, 7) is 4.37. The van der Waals surface area contributed by atoms with Crippen LogP contribution in [0.1, 0.15) is 27.3 Å². The maximum atomic E-state index is 12.5. The summed E-state index contributed by atoms with van der Waals surface area (Å²) >= 11 is 12.1. The largest absolute Gasteiger partial charge is 0.319 e. The van der Waals surface area contributed by atoms with Gasteiger partial charge in [-0.1, -0.05) is 47.5 Å². The summed E-state index contributed by atoms with van der Waals surface area (Å²) in [6, 6.07) is 14.6. The second-order valence-corrected chi connectivity index (χ2v) is 6.61. The highest BCUT2D eigenvalue weighted by atomic mass is 35.5. The van der Waals surface area contributed by atoms with E-state index < -0.39 is 0 Å². The van der Waals surface area contributed by atoms with Gasteiger partial charge in [-0.05, 0) is 43.7 Å². The third-order valence-electron chi connectivity index (χ3n) is 3.96. The summed E-state index contributed by atoms with van der Waals surface area (Å²) in [5.41, 5.74) is 3.80. The van der Waals surface area contributed by atoms with Crippen LogP contribution in [0.3, 0.4) is 0 Å². The predicted molar refractivity (Wildman–Crippen MR) is 102 cm³/mol. The van der Waals surface area contributed by atoms with Crippen LogP contribution in [-0.4, -0.2) is 15.7 Å². The summed E-state index contributed by atoms with van der Waals surface area (Å²) < 4.78 is 1.85. The lowest BCUT2D eigenvalue weighted by Gasteiger charge is -2.08. The van der Waals surface area contributed by atoms with Crippen LogP contribution in [0.2, 0.25) is 10.0 Å². The minimum absolute atomic E-state index is 0.251. The molecular formula is C19H17Cl2N3O. The predicted octanol–water partition coefficient (Wildman–Crippen LogP) is 5.11. The molecule has 0 unspecified atom stereocenters. The van der Waals surface area contributed by atoms with Crippen LogP contribution in [0.15, 0.2) is 48.5 Å². The van der Waals surface area contributed by atoms with Crippen LogP contribution in [0.25, 0.3) is 0 Å². The quantitative estimate of drug-likeness (QED) is 0.690. The van der Waals surface area contributed by atoms with E-state index in [1.807, 2.05) is 42.8 Å². The minimum Gasteiger partial charge on any atom is -0.319 e. The molecule has 0 spiro atoms. The van der Waals surface area contributed by atoms with Crippen molar-refractivity contribution in [1.82, 2.24) is 9.78 Å². The first-order chi connectivity index (χ1) is 12.0. The molecule has 0 radical (unpaired) electrons. The Morgan fingerprint density at radius 1 is 1.12 bits per heavy atom. The molecular weight excluding hydrogens is 357 g/mol. The van der Waals surface area contributed by atoms with Gasteiger partial charge in [0.25, 0.3) is 5.91 Å². The van der Waals surface area contributed by atoms with E-state index in [9.17, 15) is 4.79 Å². The van der Waals surface area contributed by atoms with Gasteiger partial charge in [0.2, 0.25) is 0 Å². The number of nitrogens with zero attached hydrogens (tertiary/aromatic N) is 2. The number of aromatic nitrogens is 2. The van der Waals surface area contributed by atoms with Gasteiger partial charge in [-0.3, -0.25) is 9.48 Å². The summed E-state index contributed by atoms with van der Waals surface area (Å²) in [4.78, 5) is 12.5. The van der Waals surface area contributed by atoms with Crippen molar-refractivity contribution in [2.24, 2.45) is 0 Å². The van der Waals surface area contributed by atoms with Gasteiger partial charge in [0.1, 0.15) is 0 Å². The first-order valence-corrected chi connectivity index (χ1v) is 8.55. The van der Waals surface area contributed by atoms with Crippen molar-refractivity contribution in [3.05, 3.63) is 81.1 Å². The monoisotopic (exact) mass is 373 g/mol. The number of benzene rings is 2. The number of rotatable bonds is 4. The molecule has 0 bridgehead atoms. The molecule has 1 aromatic heterocycles.